The van der Waals surface area contributed by atoms with Crippen molar-refractivity contribution in [3.63, 3.8) is 0 Å². The van der Waals surface area contributed by atoms with E-state index in [1.54, 1.807) is 12.1 Å². The zero-order chi connectivity index (χ0) is 39.0. The van der Waals surface area contributed by atoms with E-state index in [9.17, 15) is 8.42 Å². The summed E-state index contributed by atoms with van der Waals surface area (Å²) in [5.41, 5.74) is 7.84. The van der Waals surface area contributed by atoms with E-state index in [1.165, 1.54) is 6.07 Å². The maximum atomic E-state index is 12.7. The van der Waals surface area contributed by atoms with Crippen molar-refractivity contribution in [3.8, 4) is 45.9 Å². The second-order valence-corrected chi connectivity index (χ2v) is 15.5. The number of H-pyrrole nitrogens is 1. The fourth-order valence-electron chi connectivity index (χ4n) is 7.96. The summed E-state index contributed by atoms with van der Waals surface area (Å²) in [6.07, 6.45) is 1.82. The van der Waals surface area contributed by atoms with Gasteiger partial charge in [-0.2, -0.15) is 18.4 Å². The number of hydrogen-bond donors (Lipinski definition) is 1. The molecule has 0 aliphatic carbocycles. The van der Waals surface area contributed by atoms with Gasteiger partial charge >= 0.3 is 0 Å². The summed E-state index contributed by atoms with van der Waals surface area (Å²) in [7, 11) is -2.83. The van der Waals surface area contributed by atoms with Crippen LogP contribution in [0.1, 0.15) is 0 Å². The molecule has 5 heterocycles. The van der Waals surface area contributed by atoms with Crippen molar-refractivity contribution in [2.75, 3.05) is 7.11 Å². The highest BCUT2D eigenvalue weighted by atomic mass is 32.2. The maximum Gasteiger partial charge on any atom is 0.298 e. The number of aromatic nitrogens is 8. The molecular weight excluding hydrogens is 745 g/mol. The van der Waals surface area contributed by atoms with Gasteiger partial charge in [0.15, 0.2) is 17.5 Å². The van der Waals surface area contributed by atoms with Crippen LogP contribution in [0.2, 0.25) is 0 Å². The monoisotopic (exact) mass is 774 g/mol. The Morgan fingerprint density at radius 2 is 1.14 bits per heavy atom. The number of aromatic amines is 1. The Morgan fingerprint density at radius 3 is 1.74 bits per heavy atom. The number of imidazole rings is 1. The smallest absolute Gasteiger partial charge is 0.298 e. The Hall–Kier alpha value is -7.54. The molecule has 0 radical (unpaired) electrons. The van der Waals surface area contributed by atoms with Crippen molar-refractivity contribution in [1.82, 2.24) is 39.0 Å². The van der Waals surface area contributed by atoms with Crippen LogP contribution in [0.25, 0.3) is 101 Å². The molecule has 0 saturated carbocycles. The van der Waals surface area contributed by atoms with Gasteiger partial charge in [-0.3, -0.25) is 13.7 Å². The van der Waals surface area contributed by atoms with Crippen LogP contribution in [0.3, 0.4) is 0 Å². The number of fused-ring (bicyclic) bond motifs is 8. The van der Waals surface area contributed by atoms with Crippen molar-refractivity contribution in [2.45, 2.75) is 4.90 Å². The van der Waals surface area contributed by atoms with Gasteiger partial charge in [-0.1, -0.05) is 115 Å². The summed E-state index contributed by atoms with van der Waals surface area (Å²) in [5, 5.41) is 4.24. The molecule has 0 spiro atoms. The number of rotatable bonds is 7. The molecule has 11 aromatic rings. The molecule has 11 rings (SSSR count). The van der Waals surface area contributed by atoms with Crippen molar-refractivity contribution in [2.24, 2.45) is 0 Å². The van der Waals surface area contributed by atoms with E-state index in [0.717, 1.165) is 67.5 Å². The summed E-state index contributed by atoms with van der Waals surface area (Å²) in [5.74, 6) is 2.07. The normalized spacial score (nSPS) is 12.1. The van der Waals surface area contributed by atoms with Gasteiger partial charge in [-0.15, -0.1) is 0 Å². The summed E-state index contributed by atoms with van der Waals surface area (Å²) >= 11 is 0. The van der Waals surface area contributed by atoms with E-state index < -0.39 is 10.1 Å². The molecule has 0 atom stereocenters. The average molecular weight is 775 g/mol. The van der Waals surface area contributed by atoms with E-state index in [4.69, 9.17) is 24.1 Å². The minimum absolute atomic E-state index is 0.0116. The first-order valence-electron chi connectivity index (χ1n) is 18.6. The minimum Gasteiger partial charge on any atom is -0.335 e. The molecule has 6 aromatic carbocycles. The Morgan fingerprint density at radius 1 is 0.552 bits per heavy atom. The van der Waals surface area contributed by atoms with E-state index in [2.05, 4.69) is 67.6 Å². The lowest BCUT2D eigenvalue weighted by Gasteiger charge is -2.13. The number of benzene rings is 6. The van der Waals surface area contributed by atoms with Gasteiger partial charge in [0.05, 0.1) is 52.1 Å². The Balaban J connectivity index is 1.18. The first-order valence-corrected chi connectivity index (χ1v) is 20.0. The van der Waals surface area contributed by atoms with Gasteiger partial charge in [-0.25, -0.2) is 9.97 Å². The molecule has 0 saturated heterocycles. The maximum absolute atomic E-state index is 12.7. The standard InChI is InChI=1S/C46H30N8O3S/c1-57-58(55,56)39-22-12-19-35-40(39)49-45(48-35)36-26-23-30(27-47-36)53-37-20-10-8-17-31(37)33-24-25-34-32-18-9-11-21-38(32)54(42(34)41(33)53)46-51-43(28-13-4-2-5-14-28)50-44(52-46)29-15-6-3-7-16-29/h2-27H,1H3,(H,48,49). The molecule has 0 fully saturated rings. The molecule has 5 aromatic heterocycles. The summed E-state index contributed by atoms with van der Waals surface area (Å²) in [4.78, 5) is 28.1. The van der Waals surface area contributed by atoms with Crippen LogP contribution in [-0.2, 0) is 14.3 Å². The third kappa shape index (κ3) is 5.23. The van der Waals surface area contributed by atoms with E-state index in [-0.39, 0.29) is 4.90 Å². The fourth-order valence-corrected chi connectivity index (χ4v) is 8.79. The average Bonchev–Trinajstić information content (AvgIpc) is 3.97. The summed E-state index contributed by atoms with van der Waals surface area (Å²) < 4.78 is 34.6. The molecule has 0 aliphatic rings. The van der Waals surface area contributed by atoms with Crippen molar-refractivity contribution in [1.29, 1.82) is 0 Å². The predicted molar refractivity (Wildman–Crippen MR) is 226 cm³/mol. The molecule has 12 heteroatoms. The quantitative estimate of drug-likeness (QED) is 0.158. The number of pyridine rings is 1. The highest BCUT2D eigenvalue weighted by molar-refractivity contribution is 7.87. The molecule has 58 heavy (non-hydrogen) atoms. The topological polar surface area (TPSA) is 133 Å². The van der Waals surface area contributed by atoms with Gasteiger partial charge < -0.3 is 9.55 Å². The largest absolute Gasteiger partial charge is 0.335 e. The lowest BCUT2D eigenvalue weighted by atomic mass is 10.1. The third-order valence-electron chi connectivity index (χ3n) is 10.6. The summed E-state index contributed by atoms with van der Waals surface area (Å²) in [6, 6.07) is 49.8. The molecule has 0 amide bonds. The molecule has 0 aliphatic heterocycles. The van der Waals surface area contributed by atoms with E-state index in [1.807, 2.05) is 91.1 Å². The summed E-state index contributed by atoms with van der Waals surface area (Å²) in [6.45, 7) is 0. The fraction of sp³-hybridized carbons (Fsp3) is 0.0217. The van der Waals surface area contributed by atoms with Crippen LogP contribution >= 0.6 is 0 Å². The SMILES string of the molecule is COS(=O)(=O)c1cccc2nc(-c3ccc(-n4c5ccccc5c5ccc6c7ccccc7n(-c7nc(-c8ccccc8)nc(-c8ccccc8)n7)c6c54)cn3)[nH]c12. The number of para-hydroxylation sites is 3. The van der Waals surface area contributed by atoms with Gasteiger partial charge in [0.1, 0.15) is 10.6 Å². The molecule has 11 nitrogen and oxygen atoms in total. The molecule has 0 unspecified atom stereocenters. The lowest BCUT2D eigenvalue weighted by molar-refractivity contribution is 0.398. The van der Waals surface area contributed by atoms with Gasteiger partial charge in [0.2, 0.25) is 5.95 Å². The molecular formula is C46H30N8O3S. The Labute approximate surface area is 331 Å². The second kappa shape index (κ2) is 13.0. The van der Waals surface area contributed by atoms with Gasteiger partial charge in [-0.05, 0) is 36.4 Å². The van der Waals surface area contributed by atoms with Gasteiger partial charge in [0, 0.05) is 32.7 Å². The Bertz CT molecular complexity index is 3450. The molecule has 0 bridgehead atoms. The zero-order valence-electron chi connectivity index (χ0n) is 30.8. The van der Waals surface area contributed by atoms with Crippen molar-refractivity contribution >= 4 is 64.8 Å². The van der Waals surface area contributed by atoms with E-state index >= 15 is 0 Å². The molecule has 1 N–H and O–H groups in total. The van der Waals surface area contributed by atoms with Crippen LogP contribution in [0, 0.1) is 0 Å². The first kappa shape index (κ1) is 33.8. The van der Waals surface area contributed by atoms with Gasteiger partial charge in [0.25, 0.3) is 10.1 Å². The lowest BCUT2D eigenvalue weighted by Crippen LogP contribution is -2.07. The van der Waals surface area contributed by atoms with Crippen molar-refractivity contribution in [3.05, 3.63) is 158 Å². The predicted octanol–water partition coefficient (Wildman–Crippen LogP) is 9.67. The number of nitrogens with zero attached hydrogens (tertiary/aromatic N) is 7. The van der Waals surface area contributed by atoms with Crippen LogP contribution in [-0.4, -0.2) is 54.6 Å². The minimum atomic E-state index is -3.97. The number of nitrogens with one attached hydrogen (secondary N) is 1. The van der Waals surface area contributed by atoms with Crippen LogP contribution in [0.4, 0.5) is 0 Å². The van der Waals surface area contributed by atoms with Crippen LogP contribution in [0.15, 0.2) is 163 Å². The van der Waals surface area contributed by atoms with Crippen molar-refractivity contribution < 1.29 is 12.6 Å². The highest BCUT2D eigenvalue weighted by Gasteiger charge is 2.24. The van der Waals surface area contributed by atoms with E-state index in [0.29, 0.717) is 40.1 Å². The highest BCUT2D eigenvalue weighted by Crippen LogP contribution is 2.41. The Kier molecular flexibility index (Phi) is 7.58. The first-order chi connectivity index (χ1) is 28.5. The zero-order valence-corrected chi connectivity index (χ0v) is 31.6. The second-order valence-electron chi connectivity index (χ2n) is 13.8. The third-order valence-corrected chi connectivity index (χ3v) is 11.9. The van der Waals surface area contributed by atoms with Crippen LogP contribution in [0.5, 0.6) is 0 Å². The van der Waals surface area contributed by atoms with Crippen LogP contribution < -0.4 is 0 Å². The molecule has 278 valence electrons. The number of hydrogen-bond acceptors (Lipinski definition) is 8.